The summed E-state index contributed by atoms with van der Waals surface area (Å²) >= 11 is 0. The summed E-state index contributed by atoms with van der Waals surface area (Å²) in [6.45, 7) is 0.319. The minimum Gasteiger partial charge on any atom is -0.496 e. The Hall–Kier alpha value is -2.89. The molecule has 0 atom stereocenters. The molecule has 6 nitrogen and oxygen atoms in total. The smallest absolute Gasteiger partial charge is 0.269 e. The van der Waals surface area contributed by atoms with Crippen molar-refractivity contribution in [3.05, 3.63) is 69.8 Å². The maximum Gasteiger partial charge on any atom is 0.269 e. The molecule has 0 aliphatic carbocycles. The van der Waals surface area contributed by atoms with Crippen molar-refractivity contribution in [1.29, 1.82) is 0 Å². The molecule has 0 aliphatic rings. The van der Waals surface area contributed by atoms with Gasteiger partial charge in [-0.1, -0.05) is 18.2 Å². The molecule has 0 radical (unpaired) electrons. The average Bonchev–Trinajstić information content (AvgIpc) is 2.52. The molecule has 6 heteroatoms. The van der Waals surface area contributed by atoms with Crippen LogP contribution in [-0.2, 0) is 6.54 Å². The quantitative estimate of drug-likeness (QED) is 0.676. The number of nitro benzene ring substituents is 1. The number of para-hydroxylation sites is 1. The minimum absolute atomic E-state index is 0.0451. The third-order valence-electron chi connectivity index (χ3n) is 2.97. The van der Waals surface area contributed by atoms with Gasteiger partial charge >= 0.3 is 0 Å². The number of nitrogens with one attached hydrogen (secondary N) is 1. The summed E-state index contributed by atoms with van der Waals surface area (Å²) < 4.78 is 5.20. The Morgan fingerprint density at radius 2 is 1.86 bits per heavy atom. The lowest BCUT2D eigenvalue weighted by atomic mass is 10.1. The van der Waals surface area contributed by atoms with E-state index in [1.165, 1.54) is 24.3 Å². The molecule has 1 amide bonds. The van der Waals surface area contributed by atoms with Gasteiger partial charge in [-0.05, 0) is 18.2 Å². The minimum atomic E-state index is -0.503. The Balaban J connectivity index is 2.03. The molecular formula is C15H14N2O4. The standard InChI is InChI=1S/C15H14N2O4/c1-21-14-5-3-2-4-12(14)10-16-15(18)11-6-8-13(9-7-11)17(19)20/h2-9H,10H2,1H3,(H,16,18). The molecule has 21 heavy (non-hydrogen) atoms. The highest BCUT2D eigenvalue weighted by Gasteiger charge is 2.10. The SMILES string of the molecule is COc1ccccc1CNC(=O)c1ccc([N+](=O)[O-])cc1. The number of hydrogen-bond acceptors (Lipinski definition) is 4. The van der Waals surface area contributed by atoms with Gasteiger partial charge in [0.05, 0.1) is 12.0 Å². The highest BCUT2D eigenvalue weighted by Crippen LogP contribution is 2.17. The van der Waals surface area contributed by atoms with Gasteiger partial charge in [-0.2, -0.15) is 0 Å². The molecule has 0 unspecified atom stereocenters. The van der Waals surface area contributed by atoms with Crippen LogP contribution < -0.4 is 10.1 Å². The number of carbonyl (C=O) groups excluding carboxylic acids is 1. The predicted octanol–water partition coefficient (Wildman–Crippen LogP) is 2.53. The fourth-order valence-corrected chi connectivity index (χ4v) is 1.86. The Labute approximate surface area is 121 Å². The van der Waals surface area contributed by atoms with Crippen LogP contribution in [0.1, 0.15) is 15.9 Å². The van der Waals surface area contributed by atoms with Gasteiger partial charge < -0.3 is 10.1 Å². The molecule has 0 fully saturated rings. The maximum atomic E-state index is 12.0. The Bertz CT molecular complexity index is 653. The zero-order valence-electron chi connectivity index (χ0n) is 11.4. The fourth-order valence-electron chi connectivity index (χ4n) is 1.86. The Morgan fingerprint density at radius 3 is 2.48 bits per heavy atom. The number of nitrogens with zero attached hydrogens (tertiary/aromatic N) is 1. The molecule has 1 N–H and O–H groups in total. The predicted molar refractivity (Wildman–Crippen MR) is 77.3 cm³/mol. The normalized spacial score (nSPS) is 9.95. The van der Waals surface area contributed by atoms with E-state index in [2.05, 4.69) is 5.32 Å². The summed E-state index contributed by atoms with van der Waals surface area (Å²) in [5.74, 6) is 0.400. The molecular weight excluding hydrogens is 272 g/mol. The Kier molecular flexibility index (Phi) is 4.50. The second-order valence-electron chi connectivity index (χ2n) is 4.30. The number of benzene rings is 2. The lowest BCUT2D eigenvalue weighted by molar-refractivity contribution is -0.384. The third kappa shape index (κ3) is 3.56. The third-order valence-corrected chi connectivity index (χ3v) is 2.97. The van der Waals surface area contributed by atoms with Crippen molar-refractivity contribution in [1.82, 2.24) is 5.32 Å². The van der Waals surface area contributed by atoms with Gasteiger partial charge in [0.2, 0.25) is 0 Å². The monoisotopic (exact) mass is 286 g/mol. The highest BCUT2D eigenvalue weighted by atomic mass is 16.6. The fraction of sp³-hybridized carbons (Fsp3) is 0.133. The first-order valence-electron chi connectivity index (χ1n) is 6.26. The first-order chi connectivity index (χ1) is 10.1. The van der Waals surface area contributed by atoms with E-state index >= 15 is 0 Å². The molecule has 108 valence electrons. The van der Waals surface area contributed by atoms with Crippen LogP contribution in [0.25, 0.3) is 0 Å². The van der Waals surface area contributed by atoms with E-state index < -0.39 is 4.92 Å². The molecule has 2 aromatic carbocycles. The molecule has 0 aliphatic heterocycles. The summed E-state index contributed by atoms with van der Waals surface area (Å²) in [7, 11) is 1.57. The van der Waals surface area contributed by atoms with E-state index in [-0.39, 0.29) is 11.6 Å². The van der Waals surface area contributed by atoms with Crippen LogP contribution >= 0.6 is 0 Å². The van der Waals surface area contributed by atoms with Gasteiger partial charge in [-0.15, -0.1) is 0 Å². The van der Waals surface area contributed by atoms with E-state index in [1.54, 1.807) is 7.11 Å². The Morgan fingerprint density at radius 1 is 1.19 bits per heavy atom. The van der Waals surface area contributed by atoms with Crippen LogP contribution in [0.4, 0.5) is 5.69 Å². The van der Waals surface area contributed by atoms with Gasteiger partial charge in [0.15, 0.2) is 0 Å². The van der Waals surface area contributed by atoms with E-state index in [0.717, 1.165) is 5.56 Å². The van der Waals surface area contributed by atoms with Gasteiger partial charge in [0.1, 0.15) is 5.75 Å². The first kappa shape index (κ1) is 14.5. The molecule has 0 aromatic heterocycles. The lowest BCUT2D eigenvalue weighted by Gasteiger charge is -2.09. The number of ether oxygens (including phenoxy) is 1. The lowest BCUT2D eigenvalue weighted by Crippen LogP contribution is -2.23. The van der Waals surface area contributed by atoms with Crippen molar-refractivity contribution in [2.75, 3.05) is 7.11 Å². The van der Waals surface area contributed by atoms with Gasteiger partial charge in [0, 0.05) is 29.8 Å². The molecule has 0 spiro atoms. The largest absolute Gasteiger partial charge is 0.496 e. The number of carbonyl (C=O) groups is 1. The van der Waals surface area contributed by atoms with Crippen molar-refractivity contribution in [2.24, 2.45) is 0 Å². The topological polar surface area (TPSA) is 81.5 Å². The van der Waals surface area contributed by atoms with Crippen molar-refractivity contribution < 1.29 is 14.5 Å². The van der Waals surface area contributed by atoms with Crippen molar-refractivity contribution in [2.45, 2.75) is 6.54 Å². The number of nitro groups is 1. The van der Waals surface area contributed by atoms with Crippen LogP contribution in [0.15, 0.2) is 48.5 Å². The van der Waals surface area contributed by atoms with Crippen LogP contribution in [0.3, 0.4) is 0 Å². The highest BCUT2D eigenvalue weighted by molar-refractivity contribution is 5.94. The molecule has 2 aromatic rings. The second-order valence-corrected chi connectivity index (χ2v) is 4.30. The zero-order chi connectivity index (χ0) is 15.2. The maximum absolute atomic E-state index is 12.0. The first-order valence-corrected chi connectivity index (χ1v) is 6.26. The van der Waals surface area contributed by atoms with Crippen LogP contribution in [0.2, 0.25) is 0 Å². The van der Waals surface area contributed by atoms with Gasteiger partial charge in [-0.3, -0.25) is 14.9 Å². The van der Waals surface area contributed by atoms with Crippen molar-refractivity contribution in [3.8, 4) is 5.75 Å². The number of hydrogen-bond donors (Lipinski definition) is 1. The van der Waals surface area contributed by atoms with E-state index in [1.807, 2.05) is 24.3 Å². The van der Waals surface area contributed by atoms with Crippen molar-refractivity contribution in [3.63, 3.8) is 0 Å². The van der Waals surface area contributed by atoms with Crippen LogP contribution in [0.5, 0.6) is 5.75 Å². The van der Waals surface area contributed by atoms with E-state index in [4.69, 9.17) is 4.74 Å². The van der Waals surface area contributed by atoms with Crippen molar-refractivity contribution >= 4 is 11.6 Å². The second kappa shape index (κ2) is 6.51. The van der Waals surface area contributed by atoms with Crippen LogP contribution in [-0.4, -0.2) is 17.9 Å². The summed E-state index contributed by atoms with van der Waals surface area (Å²) in [6, 6.07) is 12.8. The van der Waals surface area contributed by atoms with E-state index in [0.29, 0.717) is 17.9 Å². The number of methoxy groups -OCH3 is 1. The zero-order valence-corrected chi connectivity index (χ0v) is 11.4. The molecule has 0 saturated heterocycles. The molecule has 0 bridgehead atoms. The summed E-state index contributed by atoms with van der Waals surface area (Å²) in [4.78, 5) is 22.0. The van der Waals surface area contributed by atoms with Gasteiger partial charge in [0.25, 0.3) is 11.6 Å². The number of non-ortho nitro benzene ring substituents is 1. The summed E-state index contributed by atoms with van der Waals surface area (Å²) in [5, 5.41) is 13.3. The number of amides is 1. The average molecular weight is 286 g/mol. The van der Waals surface area contributed by atoms with E-state index in [9.17, 15) is 14.9 Å². The summed E-state index contributed by atoms with van der Waals surface area (Å²) in [5.41, 5.74) is 1.18. The molecule has 0 saturated carbocycles. The molecule has 2 rings (SSSR count). The molecule has 0 heterocycles. The van der Waals surface area contributed by atoms with Crippen LogP contribution in [0, 0.1) is 10.1 Å². The number of rotatable bonds is 5. The van der Waals surface area contributed by atoms with Gasteiger partial charge in [-0.25, -0.2) is 0 Å². The summed E-state index contributed by atoms with van der Waals surface area (Å²) in [6.07, 6.45) is 0.